The third-order valence-electron chi connectivity index (χ3n) is 3.24. The summed E-state index contributed by atoms with van der Waals surface area (Å²) < 4.78 is 71.3. The first kappa shape index (κ1) is 16.0. The molecule has 0 aromatic heterocycles. The molecule has 1 saturated heterocycles. The first-order valence-electron chi connectivity index (χ1n) is 6.51. The Hall–Kier alpha value is -1.41. The number of benzene rings is 1. The van der Waals surface area contributed by atoms with Crippen LogP contribution >= 0.6 is 0 Å². The number of anilines is 1. The van der Waals surface area contributed by atoms with Crippen LogP contribution in [0.4, 0.5) is 27.6 Å². The average Bonchev–Trinajstić information content (AvgIpc) is 2.48. The van der Waals surface area contributed by atoms with Crippen LogP contribution in [0.1, 0.15) is 13.3 Å². The van der Waals surface area contributed by atoms with Crippen LogP contribution in [0, 0.1) is 29.1 Å². The zero-order valence-corrected chi connectivity index (χ0v) is 11.3. The van der Waals surface area contributed by atoms with Gasteiger partial charge in [0.1, 0.15) is 5.69 Å². The molecular formula is C13H15F5N2O. The summed E-state index contributed by atoms with van der Waals surface area (Å²) in [6.45, 7) is 3.26. The highest BCUT2D eigenvalue weighted by molar-refractivity contribution is 5.48. The van der Waals surface area contributed by atoms with Crippen molar-refractivity contribution in [1.29, 1.82) is 0 Å². The molecule has 0 spiro atoms. The van der Waals surface area contributed by atoms with Gasteiger partial charge in [-0.1, -0.05) is 0 Å². The Labute approximate surface area is 118 Å². The van der Waals surface area contributed by atoms with Crippen molar-refractivity contribution in [2.24, 2.45) is 0 Å². The third-order valence-corrected chi connectivity index (χ3v) is 3.24. The Morgan fingerprint density at radius 3 is 2.19 bits per heavy atom. The minimum Gasteiger partial charge on any atom is -0.379 e. The average molecular weight is 310 g/mol. The Balaban J connectivity index is 2.11. The maximum Gasteiger partial charge on any atom is 0.200 e. The highest BCUT2D eigenvalue weighted by atomic mass is 19.2. The molecule has 0 saturated carbocycles. The number of nitrogens with one attached hydrogen (secondary N) is 2. The van der Waals surface area contributed by atoms with Crippen LogP contribution < -0.4 is 10.6 Å². The van der Waals surface area contributed by atoms with Gasteiger partial charge in [-0.05, 0) is 13.3 Å². The zero-order chi connectivity index (χ0) is 15.6. The quantitative estimate of drug-likeness (QED) is 0.509. The molecule has 0 radical (unpaired) electrons. The van der Waals surface area contributed by atoms with Crippen molar-refractivity contribution >= 4 is 5.69 Å². The molecule has 2 unspecified atom stereocenters. The molecule has 1 aliphatic heterocycles. The molecule has 0 amide bonds. The maximum atomic E-state index is 13.5. The number of rotatable bonds is 4. The zero-order valence-electron chi connectivity index (χ0n) is 11.3. The van der Waals surface area contributed by atoms with Crippen LogP contribution in [0.2, 0.25) is 0 Å². The number of morpholine rings is 1. The summed E-state index contributed by atoms with van der Waals surface area (Å²) in [4.78, 5) is 0. The summed E-state index contributed by atoms with van der Waals surface area (Å²) >= 11 is 0. The lowest BCUT2D eigenvalue weighted by Gasteiger charge is -2.27. The van der Waals surface area contributed by atoms with E-state index in [9.17, 15) is 22.0 Å². The second-order valence-electron chi connectivity index (χ2n) is 4.95. The SMILES string of the molecule is CC(CC1COCCN1)Nc1c(F)c(F)c(F)c(F)c1F. The standard InChI is InChI=1S/C13H15F5N2O/c1-6(4-7-5-21-3-2-19-7)20-13-11(17)9(15)8(14)10(16)12(13)18/h6-7,19-20H,2-5H2,1H3. The Bertz CT molecular complexity index is 491. The molecule has 1 heterocycles. The molecule has 21 heavy (non-hydrogen) atoms. The lowest BCUT2D eigenvalue weighted by molar-refractivity contribution is 0.0731. The lowest BCUT2D eigenvalue weighted by atomic mass is 10.1. The van der Waals surface area contributed by atoms with Gasteiger partial charge in [0.15, 0.2) is 23.3 Å². The highest BCUT2D eigenvalue weighted by Crippen LogP contribution is 2.28. The van der Waals surface area contributed by atoms with Crippen molar-refractivity contribution in [2.45, 2.75) is 25.4 Å². The van der Waals surface area contributed by atoms with E-state index in [-0.39, 0.29) is 6.04 Å². The monoisotopic (exact) mass is 310 g/mol. The first-order valence-corrected chi connectivity index (χ1v) is 6.51. The molecule has 1 aromatic carbocycles. The predicted molar refractivity (Wildman–Crippen MR) is 66.5 cm³/mol. The van der Waals surface area contributed by atoms with Crippen LogP contribution in [0.3, 0.4) is 0 Å². The van der Waals surface area contributed by atoms with Gasteiger partial charge in [-0.3, -0.25) is 0 Å². The molecule has 0 aliphatic carbocycles. The normalized spacial score (nSPS) is 20.4. The van der Waals surface area contributed by atoms with E-state index in [1.54, 1.807) is 6.92 Å². The van der Waals surface area contributed by atoms with Crippen molar-refractivity contribution in [1.82, 2.24) is 5.32 Å². The van der Waals surface area contributed by atoms with Gasteiger partial charge in [-0.15, -0.1) is 0 Å². The fourth-order valence-electron chi connectivity index (χ4n) is 2.23. The minimum absolute atomic E-state index is 0.0393. The molecule has 2 atom stereocenters. The predicted octanol–water partition coefficient (Wildman–Crippen LogP) is 2.56. The second-order valence-corrected chi connectivity index (χ2v) is 4.95. The first-order chi connectivity index (χ1) is 9.91. The smallest absolute Gasteiger partial charge is 0.200 e. The van der Waals surface area contributed by atoms with E-state index in [0.717, 1.165) is 0 Å². The number of hydrogen-bond donors (Lipinski definition) is 2. The van der Waals surface area contributed by atoms with Crippen molar-refractivity contribution in [3.63, 3.8) is 0 Å². The van der Waals surface area contributed by atoms with Crippen LogP contribution in [0.5, 0.6) is 0 Å². The van der Waals surface area contributed by atoms with Crippen molar-refractivity contribution in [2.75, 3.05) is 25.1 Å². The molecule has 3 nitrogen and oxygen atoms in total. The number of halogens is 5. The van der Waals surface area contributed by atoms with Gasteiger partial charge in [-0.25, -0.2) is 22.0 Å². The van der Waals surface area contributed by atoms with Gasteiger partial charge >= 0.3 is 0 Å². The minimum atomic E-state index is -2.16. The molecule has 0 bridgehead atoms. The van der Waals surface area contributed by atoms with E-state index >= 15 is 0 Å². The van der Waals surface area contributed by atoms with E-state index in [2.05, 4.69) is 10.6 Å². The van der Waals surface area contributed by atoms with Gasteiger partial charge in [-0.2, -0.15) is 0 Å². The lowest BCUT2D eigenvalue weighted by Crippen LogP contribution is -2.43. The van der Waals surface area contributed by atoms with Crippen LogP contribution in [0.15, 0.2) is 0 Å². The van der Waals surface area contributed by atoms with Gasteiger partial charge < -0.3 is 15.4 Å². The molecule has 1 aromatic rings. The summed E-state index contributed by atoms with van der Waals surface area (Å²) in [6.07, 6.45) is 0.416. The van der Waals surface area contributed by atoms with Crippen molar-refractivity contribution < 1.29 is 26.7 Å². The highest BCUT2D eigenvalue weighted by Gasteiger charge is 2.27. The summed E-state index contributed by atoms with van der Waals surface area (Å²) in [5.41, 5.74) is -1.00. The molecule has 118 valence electrons. The Morgan fingerprint density at radius 1 is 1.10 bits per heavy atom. The van der Waals surface area contributed by atoms with Gasteiger partial charge in [0.05, 0.1) is 13.2 Å². The molecule has 8 heteroatoms. The second kappa shape index (κ2) is 6.57. The maximum absolute atomic E-state index is 13.5. The van der Waals surface area contributed by atoms with E-state index in [1.165, 1.54) is 0 Å². The summed E-state index contributed by atoms with van der Waals surface area (Å²) in [7, 11) is 0. The molecule has 2 rings (SSSR count). The summed E-state index contributed by atoms with van der Waals surface area (Å²) in [5.74, 6) is -9.78. The third kappa shape index (κ3) is 3.44. The van der Waals surface area contributed by atoms with Crippen molar-refractivity contribution in [3.05, 3.63) is 29.1 Å². The van der Waals surface area contributed by atoms with Crippen LogP contribution in [-0.2, 0) is 4.74 Å². The van der Waals surface area contributed by atoms with E-state index in [4.69, 9.17) is 4.74 Å². The number of ether oxygens (including phenoxy) is 1. The van der Waals surface area contributed by atoms with Gasteiger partial charge in [0.25, 0.3) is 0 Å². The fourth-order valence-corrected chi connectivity index (χ4v) is 2.23. The molecular weight excluding hydrogens is 295 g/mol. The molecule has 2 N–H and O–H groups in total. The molecule has 1 aliphatic rings. The summed E-state index contributed by atoms with van der Waals surface area (Å²) in [6, 6.07) is -0.542. The van der Waals surface area contributed by atoms with E-state index in [0.29, 0.717) is 26.2 Å². The van der Waals surface area contributed by atoms with E-state index < -0.39 is 40.8 Å². The van der Waals surface area contributed by atoms with Gasteiger partial charge in [0.2, 0.25) is 5.82 Å². The summed E-state index contributed by atoms with van der Waals surface area (Å²) in [5, 5.41) is 5.48. The van der Waals surface area contributed by atoms with Crippen molar-refractivity contribution in [3.8, 4) is 0 Å². The Morgan fingerprint density at radius 2 is 1.67 bits per heavy atom. The number of hydrogen-bond acceptors (Lipinski definition) is 3. The largest absolute Gasteiger partial charge is 0.379 e. The Kier molecular flexibility index (Phi) is 5.00. The van der Waals surface area contributed by atoms with Crippen LogP contribution in [0.25, 0.3) is 0 Å². The fraction of sp³-hybridized carbons (Fsp3) is 0.538. The molecule has 1 fully saturated rings. The van der Waals surface area contributed by atoms with Gasteiger partial charge in [0, 0.05) is 18.6 Å². The van der Waals surface area contributed by atoms with E-state index in [1.807, 2.05) is 0 Å². The van der Waals surface area contributed by atoms with Crippen LogP contribution in [-0.4, -0.2) is 31.8 Å². The topological polar surface area (TPSA) is 33.3 Å².